The van der Waals surface area contributed by atoms with Gasteiger partial charge in [-0.3, -0.25) is 0 Å². The van der Waals surface area contributed by atoms with E-state index in [4.69, 9.17) is 4.98 Å². The van der Waals surface area contributed by atoms with Crippen LogP contribution in [0.4, 0.5) is 10.3 Å². The average Bonchev–Trinajstić information content (AvgIpc) is 2.96. The molecule has 1 saturated heterocycles. The predicted molar refractivity (Wildman–Crippen MR) is 92.7 cm³/mol. The van der Waals surface area contributed by atoms with Gasteiger partial charge in [0.1, 0.15) is 5.82 Å². The molecule has 0 aliphatic carbocycles. The Balaban J connectivity index is 1.76. The number of halogens is 1. The van der Waals surface area contributed by atoms with Gasteiger partial charge in [0.05, 0.1) is 23.7 Å². The summed E-state index contributed by atoms with van der Waals surface area (Å²) in [6.45, 7) is 2.12. The van der Waals surface area contributed by atoms with Crippen molar-refractivity contribution < 1.29 is 9.50 Å². The number of β-amino-alcohol motifs (C(OH)–C–C–N with tert-alkyl or cyclic N) is 1. The normalized spacial score (nSPS) is 18.2. The number of anilines is 1. The summed E-state index contributed by atoms with van der Waals surface area (Å²) < 4.78 is 15.3. The van der Waals surface area contributed by atoms with Crippen molar-refractivity contribution in [2.75, 3.05) is 18.0 Å². The molecular weight excluding hydrogens is 305 g/mol. The van der Waals surface area contributed by atoms with Gasteiger partial charge in [-0.2, -0.15) is 0 Å². The highest BCUT2D eigenvalue weighted by Gasteiger charge is 2.23. The van der Waals surface area contributed by atoms with Crippen molar-refractivity contribution in [2.45, 2.75) is 25.5 Å². The maximum Gasteiger partial charge on any atom is 0.206 e. The van der Waals surface area contributed by atoms with E-state index in [0.29, 0.717) is 13.1 Å². The first-order chi connectivity index (χ1) is 11.7. The lowest BCUT2D eigenvalue weighted by molar-refractivity contribution is 0.153. The Bertz CT molecular complexity index is 843. The maximum atomic E-state index is 13.2. The molecule has 0 saturated carbocycles. The highest BCUT2D eigenvalue weighted by atomic mass is 19.1. The number of aromatic nitrogens is 2. The molecule has 0 unspecified atom stereocenters. The molecule has 4 nitrogen and oxygen atoms in total. The van der Waals surface area contributed by atoms with Crippen LogP contribution in [-0.2, 0) is 6.54 Å². The van der Waals surface area contributed by atoms with Crippen LogP contribution >= 0.6 is 0 Å². The van der Waals surface area contributed by atoms with E-state index in [9.17, 15) is 9.50 Å². The number of piperidine rings is 1. The zero-order valence-electron chi connectivity index (χ0n) is 13.4. The van der Waals surface area contributed by atoms with Gasteiger partial charge in [0, 0.05) is 13.1 Å². The van der Waals surface area contributed by atoms with Crippen LogP contribution < -0.4 is 4.90 Å². The second-order valence-electron chi connectivity index (χ2n) is 6.36. The Kier molecular flexibility index (Phi) is 3.94. The molecular formula is C19H20FN3O. The molecule has 3 aromatic rings. The summed E-state index contributed by atoms with van der Waals surface area (Å²) in [6, 6.07) is 14.6. The molecule has 1 fully saturated rings. The van der Waals surface area contributed by atoms with Gasteiger partial charge in [0.2, 0.25) is 5.95 Å². The largest absolute Gasteiger partial charge is 0.391 e. The molecule has 5 heteroatoms. The number of fused-ring (bicyclic) bond motifs is 1. The second kappa shape index (κ2) is 6.24. The number of benzene rings is 2. The summed E-state index contributed by atoms with van der Waals surface area (Å²) in [7, 11) is 0. The van der Waals surface area contributed by atoms with Crippen molar-refractivity contribution in [1.29, 1.82) is 0 Å². The predicted octanol–water partition coefficient (Wildman–Crippen LogP) is 3.18. The Labute approximate surface area is 140 Å². The van der Waals surface area contributed by atoms with Crippen molar-refractivity contribution in [1.82, 2.24) is 9.55 Å². The minimum atomic E-state index is -0.308. The topological polar surface area (TPSA) is 41.3 Å². The van der Waals surface area contributed by atoms with E-state index in [1.807, 2.05) is 18.2 Å². The first-order valence-electron chi connectivity index (χ1n) is 8.33. The summed E-state index contributed by atoms with van der Waals surface area (Å²) in [4.78, 5) is 6.94. The molecule has 0 spiro atoms. The van der Waals surface area contributed by atoms with Gasteiger partial charge < -0.3 is 14.6 Å². The average molecular weight is 325 g/mol. The molecule has 1 atom stereocenters. The monoisotopic (exact) mass is 325 g/mol. The number of nitrogens with zero attached hydrogens (tertiary/aromatic N) is 3. The number of aliphatic hydroxyl groups is 1. The molecule has 2 heterocycles. The molecule has 0 bridgehead atoms. The quantitative estimate of drug-likeness (QED) is 0.804. The van der Waals surface area contributed by atoms with Crippen LogP contribution in [0.1, 0.15) is 18.4 Å². The zero-order chi connectivity index (χ0) is 16.5. The lowest BCUT2D eigenvalue weighted by Gasteiger charge is -2.31. The van der Waals surface area contributed by atoms with Crippen LogP contribution in [0.25, 0.3) is 11.0 Å². The van der Waals surface area contributed by atoms with Gasteiger partial charge in [0.25, 0.3) is 0 Å². The third kappa shape index (κ3) is 2.87. The van der Waals surface area contributed by atoms with Gasteiger partial charge in [-0.1, -0.05) is 24.3 Å². The first kappa shape index (κ1) is 15.1. The third-order valence-corrected chi connectivity index (χ3v) is 4.57. The van der Waals surface area contributed by atoms with Crippen molar-refractivity contribution in [2.24, 2.45) is 0 Å². The van der Waals surface area contributed by atoms with E-state index >= 15 is 0 Å². The van der Waals surface area contributed by atoms with E-state index in [1.54, 1.807) is 12.1 Å². The van der Waals surface area contributed by atoms with Crippen LogP contribution in [0.5, 0.6) is 0 Å². The molecule has 1 aliphatic rings. The standard InChI is InChI=1S/C19H20FN3O/c20-15-9-7-14(8-10-15)12-23-18-6-2-1-5-17(18)21-19(23)22-11-3-4-16(24)13-22/h1-2,5-10,16,24H,3-4,11-13H2/t16-/m1/s1. The molecule has 1 aromatic heterocycles. The van der Waals surface area contributed by atoms with Crippen molar-refractivity contribution in [3.8, 4) is 0 Å². The van der Waals surface area contributed by atoms with E-state index in [-0.39, 0.29) is 11.9 Å². The smallest absolute Gasteiger partial charge is 0.206 e. The van der Waals surface area contributed by atoms with E-state index in [1.165, 1.54) is 12.1 Å². The lowest BCUT2D eigenvalue weighted by Crippen LogP contribution is -2.39. The SMILES string of the molecule is O[C@@H]1CCCN(c2nc3ccccc3n2Cc2ccc(F)cc2)C1. The summed E-state index contributed by atoms with van der Waals surface area (Å²) >= 11 is 0. The number of hydrogen-bond acceptors (Lipinski definition) is 3. The zero-order valence-corrected chi connectivity index (χ0v) is 13.4. The van der Waals surface area contributed by atoms with E-state index < -0.39 is 0 Å². The van der Waals surface area contributed by atoms with Crippen molar-refractivity contribution in [3.05, 3.63) is 59.9 Å². The summed E-state index contributed by atoms with van der Waals surface area (Å²) in [6.07, 6.45) is 1.49. The molecule has 0 radical (unpaired) electrons. The fourth-order valence-electron chi connectivity index (χ4n) is 3.37. The Morgan fingerprint density at radius 2 is 1.92 bits per heavy atom. The summed E-state index contributed by atoms with van der Waals surface area (Å²) in [5, 5.41) is 10.0. The number of rotatable bonds is 3. The molecule has 0 amide bonds. The van der Waals surface area contributed by atoms with Crippen LogP contribution in [0, 0.1) is 5.82 Å². The van der Waals surface area contributed by atoms with Gasteiger partial charge >= 0.3 is 0 Å². The minimum absolute atomic E-state index is 0.228. The highest BCUT2D eigenvalue weighted by Crippen LogP contribution is 2.26. The molecule has 2 aromatic carbocycles. The molecule has 24 heavy (non-hydrogen) atoms. The van der Waals surface area contributed by atoms with E-state index in [0.717, 1.165) is 41.9 Å². The van der Waals surface area contributed by atoms with Crippen molar-refractivity contribution in [3.63, 3.8) is 0 Å². The maximum absolute atomic E-state index is 13.2. The molecule has 1 N–H and O–H groups in total. The first-order valence-corrected chi connectivity index (χ1v) is 8.33. The lowest BCUT2D eigenvalue weighted by atomic mass is 10.1. The summed E-state index contributed by atoms with van der Waals surface area (Å²) in [5.41, 5.74) is 3.02. The van der Waals surface area contributed by atoms with Crippen LogP contribution in [0.2, 0.25) is 0 Å². The fraction of sp³-hybridized carbons (Fsp3) is 0.316. The van der Waals surface area contributed by atoms with Gasteiger partial charge in [-0.15, -0.1) is 0 Å². The Morgan fingerprint density at radius 1 is 1.12 bits per heavy atom. The highest BCUT2D eigenvalue weighted by molar-refractivity contribution is 5.79. The van der Waals surface area contributed by atoms with Crippen LogP contribution in [0.15, 0.2) is 48.5 Å². The second-order valence-corrected chi connectivity index (χ2v) is 6.36. The van der Waals surface area contributed by atoms with E-state index in [2.05, 4.69) is 15.5 Å². The van der Waals surface area contributed by atoms with Gasteiger partial charge in [-0.25, -0.2) is 9.37 Å². The minimum Gasteiger partial charge on any atom is -0.391 e. The summed E-state index contributed by atoms with van der Waals surface area (Å²) in [5.74, 6) is 0.646. The molecule has 1 aliphatic heterocycles. The number of hydrogen-bond donors (Lipinski definition) is 1. The van der Waals surface area contributed by atoms with Crippen LogP contribution in [0.3, 0.4) is 0 Å². The third-order valence-electron chi connectivity index (χ3n) is 4.57. The van der Waals surface area contributed by atoms with Crippen molar-refractivity contribution >= 4 is 17.0 Å². The Hall–Kier alpha value is -2.40. The molecule has 124 valence electrons. The van der Waals surface area contributed by atoms with Crippen LogP contribution in [-0.4, -0.2) is 33.9 Å². The fourth-order valence-corrected chi connectivity index (χ4v) is 3.37. The Morgan fingerprint density at radius 3 is 2.71 bits per heavy atom. The number of para-hydroxylation sites is 2. The molecule has 4 rings (SSSR count). The number of imidazole rings is 1. The van der Waals surface area contributed by atoms with Gasteiger partial charge in [0.15, 0.2) is 0 Å². The van der Waals surface area contributed by atoms with Gasteiger partial charge in [-0.05, 0) is 42.7 Å². The number of aliphatic hydroxyl groups excluding tert-OH is 1.